The number of anilines is 3. The van der Waals surface area contributed by atoms with Gasteiger partial charge in [0.2, 0.25) is 5.91 Å². The van der Waals surface area contributed by atoms with Crippen molar-refractivity contribution < 1.29 is 4.79 Å². The van der Waals surface area contributed by atoms with Crippen LogP contribution in [0.25, 0.3) is 10.9 Å². The Bertz CT molecular complexity index is 1020. The van der Waals surface area contributed by atoms with Crippen molar-refractivity contribution >= 4 is 34.0 Å². The maximum Gasteiger partial charge on any atom is 0.224 e. The fourth-order valence-electron chi connectivity index (χ4n) is 4.47. The minimum atomic E-state index is 0.116. The van der Waals surface area contributed by atoms with E-state index in [-0.39, 0.29) is 5.91 Å². The van der Waals surface area contributed by atoms with Crippen LogP contribution in [0.15, 0.2) is 54.6 Å². The number of aromatic nitrogens is 1. The van der Waals surface area contributed by atoms with Crippen molar-refractivity contribution in [3.8, 4) is 0 Å². The predicted molar refractivity (Wildman–Crippen MR) is 130 cm³/mol. The molecule has 0 saturated carbocycles. The molecule has 2 heterocycles. The number of fused-ring (bicyclic) bond motifs is 2. The summed E-state index contributed by atoms with van der Waals surface area (Å²) in [6.07, 6.45) is 9.98. The lowest BCUT2D eigenvalue weighted by atomic mass is 10.1. The molecule has 162 valence electrons. The molecule has 0 radical (unpaired) electrons. The average molecular weight is 416 g/mol. The third kappa shape index (κ3) is 5.07. The first kappa shape index (κ1) is 21.4. The van der Waals surface area contributed by atoms with Gasteiger partial charge in [0.1, 0.15) is 5.82 Å². The van der Waals surface area contributed by atoms with E-state index in [1.165, 1.54) is 32.1 Å². The Kier molecular flexibility index (Phi) is 7.18. The van der Waals surface area contributed by atoms with Crippen molar-refractivity contribution in [2.75, 3.05) is 16.8 Å². The molecule has 2 aromatic carbocycles. The molecule has 0 fully saturated rings. The molecular formula is C27H33N3O. The van der Waals surface area contributed by atoms with Crippen LogP contribution < -0.4 is 10.2 Å². The second kappa shape index (κ2) is 10.4. The maximum absolute atomic E-state index is 12.8. The van der Waals surface area contributed by atoms with E-state index >= 15 is 0 Å². The van der Waals surface area contributed by atoms with Gasteiger partial charge in [0.15, 0.2) is 0 Å². The predicted octanol–water partition coefficient (Wildman–Crippen LogP) is 7.01. The molecule has 0 atom stereocenters. The number of hydrogen-bond acceptors (Lipinski definition) is 3. The summed E-state index contributed by atoms with van der Waals surface area (Å²) in [5.41, 5.74) is 4.17. The van der Waals surface area contributed by atoms with Gasteiger partial charge in [-0.15, -0.1) is 0 Å². The number of nitrogens with zero attached hydrogens (tertiary/aromatic N) is 2. The van der Waals surface area contributed by atoms with Gasteiger partial charge in [-0.25, -0.2) is 4.98 Å². The van der Waals surface area contributed by atoms with Crippen LogP contribution in [0.1, 0.15) is 63.9 Å². The van der Waals surface area contributed by atoms with Gasteiger partial charge in [0.25, 0.3) is 0 Å². The molecule has 0 bridgehead atoms. The maximum atomic E-state index is 12.8. The summed E-state index contributed by atoms with van der Waals surface area (Å²) in [4.78, 5) is 20.0. The number of nitrogens with one attached hydrogen (secondary N) is 1. The Morgan fingerprint density at radius 2 is 1.65 bits per heavy atom. The molecule has 1 aromatic heterocycles. The van der Waals surface area contributed by atoms with Gasteiger partial charge in [-0.1, -0.05) is 81.8 Å². The molecule has 1 aliphatic heterocycles. The van der Waals surface area contributed by atoms with Crippen LogP contribution >= 0.6 is 0 Å². The molecule has 0 saturated heterocycles. The van der Waals surface area contributed by atoms with E-state index in [0.29, 0.717) is 6.42 Å². The normalized spacial score (nSPS) is 12.9. The van der Waals surface area contributed by atoms with Crippen molar-refractivity contribution in [1.82, 2.24) is 4.98 Å². The van der Waals surface area contributed by atoms with E-state index in [1.807, 2.05) is 24.3 Å². The van der Waals surface area contributed by atoms with E-state index < -0.39 is 0 Å². The number of hydrogen-bond donors (Lipinski definition) is 1. The first-order valence-electron chi connectivity index (χ1n) is 11.8. The molecule has 31 heavy (non-hydrogen) atoms. The van der Waals surface area contributed by atoms with E-state index in [4.69, 9.17) is 4.98 Å². The Balaban J connectivity index is 1.49. The van der Waals surface area contributed by atoms with Crippen molar-refractivity contribution in [3.05, 3.63) is 60.2 Å². The third-order valence-electron chi connectivity index (χ3n) is 6.15. The number of amides is 1. The fourth-order valence-corrected chi connectivity index (χ4v) is 4.47. The number of carbonyl (C=O) groups excluding carboxylic acids is 1. The molecular weight excluding hydrogens is 382 g/mol. The Morgan fingerprint density at radius 1 is 0.935 bits per heavy atom. The summed E-state index contributed by atoms with van der Waals surface area (Å²) in [5.74, 6) is 1.08. The standard InChI is InChI=1S/C27H33N3O/c1-2-3-4-5-6-7-11-18-25(31)29-26-22-16-12-13-17-24(22)28-27-23(26)19-20-30(27)21-14-9-8-10-15-21/h8-10,12-17H,2-7,11,18-20H2,1H3,(H,28,29,31). The minimum Gasteiger partial charge on any atom is -0.326 e. The first-order valence-corrected chi connectivity index (χ1v) is 11.8. The van der Waals surface area contributed by atoms with Crippen LogP contribution in [0.4, 0.5) is 17.2 Å². The summed E-state index contributed by atoms with van der Waals surface area (Å²) in [6.45, 7) is 3.12. The highest BCUT2D eigenvalue weighted by atomic mass is 16.1. The molecule has 0 aliphatic carbocycles. The topological polar surface area (TPSA) is 45.2 Å². The fraction of sp³-hybridized carbons (Fsp3) is 0.407. The number of pyridine rings is 1. The van der Waals surface area contributed by atoms with E-state index in [0.717, 1.165) is 59.5 Å². The average Bonchev–Trinajstić information content (AvgIpc) is 3.23. The second-order valence-corrected chi connectivity index (χ2v) is 8.46. The lowest BCUT2D eigenvalue weighted by Crippen LogP contribution is -2.15. The quantitative estimate of drug-likeness (QED) is 0.362. The monoisotopic (exact) mass is 415 g/mol. The van der Waals surface area contributed by atoms with Gasteiger partial charge in [0, 0.05) is 29.6 Å². The van der Waals surface area contributed by atoms with Gasteiger partial charge in [0.05, 0.1) is 11.2 Å². The summed E-state index contributed by atoms with van der Waals surface area (Å²) in [5, 5.41) is 4.29. The van der Waals surface area contributed by atoms with Gasteiger partial charge in [-0.2, -0.15) is 0 Å². The Labute approximate surface area is 185 Å². The second-order valence-electron chi connectivity index (χ2n) is 8.46. The van der Waals surface area contributed by atoms with Crippen LogP contribution in [0.3, 0.4) is 0 Å². The number of rotatable bonds is 10. The summed E-state index contributed by atoms with van der Waals surface area (Å²) in [7, 11) is 0. The number of unbranched alkanes of at least 4 members (excludes halogenated alkanes) is 6. The lowest BCUT2D eigenvalue weighted by Gasteiger charge is -2.20. The number of carbonyl (C=O) groups is 1. The van der Waals surface area contributed by atoms with Crippen molar-refractivity contribution in [3.63, 3.8) is 0 Å². The zero-order chi connectivity index (χ0) is 21.5. The highest BCUT2D eigenvalue weighted by molar-refractivity contribution is 6.04. The molecule has 0 unspecified atom stereocenters. The number of para-hydroxylation sites is 2. The largest absolute Gasteiger partial charge is 0.326 e. The third-order valence-corrected chi connectivity index (χ3v) is 6.15. The molecule has 1 aliphatic rings. The first-order chi connectivity index (χ1) is 15.3. The van der Waals surface area contributed by atoms with Gasteiger partial charge >= 0.3 is 0 Å². The van der Waals surface area contributed by atoms with Gasteiger partial charge in [-0.05, 0) is 31.0 Å². The summed E-state index contributed by atoms with van der Waals surface area (Å²) < 4.78 is 0. The summed E-state index contributed by atoms with van der Waals surface area (Å²) >= 11 is 0. The molecule has 4 nitrogen and oxygen atoms in total. The van der Waals surface area contributed by atoms with Crippen LogP contribution in [0.2, 0.25) is 0 Å². The molecule has 4 rings (SSSR count). The molecule has 3 aromatic rings. The highest BCUT2D eigenvalue weighted by Crippen LogP contribution is 2.40. The Morgan fingerprint density at radius 3 is 2.45 bits per heavy atom. The van der Waals surface area contributed by atoms with Gasteiger partial charge < -0.3 is 10.2 Å². The smallest absolute Gasteiger partial charge is 0.224 e. The van der Waals surface area contributed by atoms with Crippen LogP contribution in [0, 0.1) is 0 Å². The Hall–Kier alpha value is -2.88. The van der Waals surface area contributed by atoms with Crippen molar-refractivity contribution in [1.29, 1.82) is 0 Å². The van der Waals surface area contributed by atoms with Crippen molar-refractivity contribution in [2.24, 2.45) is 0 Å². The molecule has 1 amide bonds. The summed E-state index contributed by atoms with van der Waals surface area (Å²) in [6, 6.07) is 18.5. The minimum absolute atomic E-state index is 0.116. The zero-order valence-corrected chi connectivity index (χ0v) is 18.6. The van der Waals surface area contributed by atoms with Crippen LogP contribution in [-0.4, -0.2) is 17.4 Å². The van der Waals surface area contributed by atoms with Gasteiger partial charge in [-0.3, -0.25) is 4.79 Å². The SMILES string of the molecule is CCCCCCCCCC(=O)Nc1c2c(nc3ccccc13)N(c1ccccc1)CC2. The van der Waals surface area contributed by atoms with E-state index in [9.17, 15) is 4.79 Å². The molecule has 0 spiro atoms. The van der Waals surface area contributed by atoms with Crippen molar-refractivity contribution in [2.45, 2.75) is 64.7 Å². The number of benzene rings is 2. The van der Waals surface area contributed by atoms with E-state index in [1.54, 1.807) is 0 Å². The molecule has 4 heteroatoms. The molecule has 1 N–H and O–H groups in total. The highest BCUT2D eigenvalue weighted by Gasteiger charge is 2.27. The van der Waals surface area contributed by atoms with E-state index in [2.05, 4.69) is 47.5 Å². The van der Waals surface area contributed by atoms with Crippen LogP contribution in [0.5, 0.6) is 0 Å². The lowest BCUT2D eigenvalue weighted by molar-refractivity contribution is -0.116. The zero-order valence-electron chi connectivity index (χ0n) is 18.6. The van der Waals surface area contributed by atoms with Crippen LogP contribution in [-0.2, 0) is 11.2 Å².